The van der Waals surface area contributed by atoms with Gasteiger partial charge < -0.3 is 10.9 Å². The number of carbonyl (C=O) groups excluding carboxylic acids is 1. The molecule has 0 radical (unpaired) electrons. The topological polar surface area (TPSA) is 93.5 Å². The zero-order valence-electron chi connectivity index (χ0n) is 8.52. The Hall–Kier alpha value is -2.11. The summed E-state index contributed by atoms with van der Waals surface area (Å²) < 4.78 is 0. The number of primary amides is 1. The van der Waals surface area contributed by atoms with Crippen molar-refractivity contribution in [1.82, 2.24) is 0 Å². The second-order valence-electron chi connectivity index (χ2n) is 3.07. The molecule has 1 aromatic rings. The molecule has 15 heavy (non-hydrogen) atoms. The molecule has 0 spiro atoms. The predicted molar refractivity (Wildman–Crippen MR) is 55.3 cm³/mol. The summed E-state index contributed by atoms with van der Waals surface area (Å²) in [5.74, 6) is -0.475. The third-order valence-corrected chi connectivity index (χ3v) is 1.81. The van der Waals surface area contributed by atoms with Crippen LogP contribution in [0.3, 0.4) is 0 Å². The number of nitrogens with one attached hydrogen (secondary N) is 1. The maximum Gasteiger partial charge on any atom is 0.248 e. The van der Waals surface area contributed by atoms with Crippen molar-refractivity contribution in [2.75, 3.05) is 12.5 Å². The molecule has 0 aromatic heterocycles. The van der Waals surface area contributed by atoms with Crippen LogP contribution in [0.2, 0.25) is 0 Å². The van der Waals surface area contributed by atoms with Crippen LogP contribution in [0.5, 0.6) is 0 Å². The normalized spacial score (nSPS) is 11.2. The Kier molecular flexibility index (Phi) is 3.22. The number of benzene rings is 1. The molecule has 0 heterocycles. The van der Waals surface area contributed by atoms with E-state index in [2.05, 4.69) is 10.6 Å². The Morgan fingerprint density at radius 2 is 2.27 bits per heavy atom. The average Bonchev–Trinajstić information content (AvgIpc) is 2.14. The first-order valence-electron chi connectivity index (χ1n) is 4.28. The van der Waals surface area contributed by atoms with E-state index in [1.807, 2.05) is 0 Å². The van der Waals surface area contributed by atoms with Gasteiger partial charge in [0.05, 0.1) is 5.22 Å². The van der Waals surface area contributed by atoms with Gasteiger partial charge in [0.1, 0.15) is 12.7 Å². The van der Waals surface area contributed by atoms with Crippen LogP contribution in [0.15, 0.2) is 23.4 Å². The van der Waals surface area contributed by atoms with Crippen molar-refractivity contribution in [3.05, 3.63) is 34.5 Å². The van der Waals surface area contributed by atoms with Gasteiger partial charge in [0.15, 0.2) is 0 Å². The number of rotatable bonds is 3. The highest BCUT2D eigenvalue weighted by molar-refractivity contribution is 5.94. The monoisotopic (exact) mass is 208 g/mol. The van der Waals surface area contributed by atoms with Crippen LogP contribution in [0.4, 0.5) is 5.69 Å². The Balaban J connectivity index is 2.92. The molecule has 0 unspecified atom stereocenters. The lowest BCUT2D eigenvalue weighted by atomic mass is 10.1. The summed E-state index contributed by atoms with van der Waals surface area (Å²) in [4.78, 5) is 11.3. The first-order valence-corrected chi connectivity index (χ1v) is 4.28. The van der Waals surface area contributed by atoms with Gasteiger partial charge in [0, 0.05) is 5.56 Å². The summed E-state index contributed by atoms with van der Waals surface area (Å²) in [5, 5.41) is 13.9. The van der Waals surface area contributed by atoms with E-state index in [-0.39, 0.29) is 0 Å². The summed E-state index contributed by atoms with van der Waals surface area (Å²) in [6, 6.07) is 4.90. The summed E-state index contributed by atoms with van der Waals surface area (Å²) in [6.07, 6.45) is 0. The molecule has 0 atom stereocenters. The van der Waals surface area contributed by atoms with Crippen molar-refractivity contribution in [1.29, 1.82) is 0 Å². The highest BCUT2D eigenvalue weighted by atomic mass is 16.5. The van der Waals surface area contributed by atoms with Crippen molar-refractivity contribution in [3.8, 4) is 0 Å². The maximum absolute atomic E-state index is 10.9. The first-order chi connectivity index (χ1) is 7.00. The number of nitrogens with two attached hydrogens (primary N) is 1. The van der Waals surface area contributed by atoms with Crippen LogP contribution < -0.4 is 11.2 Å². The molecule has 1 aromatic carbocycles. The molecule has 1 rings (SSSR count). The van der Waals surface area contributed by atoms with E-state index >= 15 is 0 Å². The van der Waals surface area contributed by atoms with Gasteiger partial charge in [0.2, 0.25) is 5.91 Å². The average molecular weight is 208 g/mol. The van der Waals surface area contributed by atoms with E-state index in [1.54, 1.807) is 25.1 Å². The molecular weight excluding hydrogens is 196 g/mol. The van der Waals surface area contributed by atoms with Gasteiger partial charge in [-0.2, -0.15) is 4.86 Å². The number of hydrogen-bond acceptors (Lipinski definition) is 3. The second-order valence-corrected chi connectivity index (χ2v) is 3.07. The van der Waals surface area contributed by atoms with Crippen LogP contribution in [-0.4, -0.2) is 17.8 Å². The quantitative estimate of drug-likeness (QED) is 0.441. The van der Waals surface area contributed by atoms with Gasteiger partial charge >= 0.3 is 0 Å². The molecule has 0 aliphatic heterocycles. The largest absolute Gasteiger partial charge is 0.696 e. The minimum atomic E-state index is -0.475. The number of hydroxylamine groups is 1. The molecule has 6 heteroatoms. The SMILES string of the molecule is Cc1cc(NN=[N+](C)[O-])ccc1C(N)=O. The number of carbonyl (C=O) groups is 1. The lowest BCUT2D eigenvalue weighted by molar-refractivity contribution is -0.497. The molecule has 0 saturated carbocycles. The minimum Gasteiger partial charge on any atom is -0.696 e. The predicted octanol–water partition coefficient (Wildman–Crippen LogP) is 1.01. The molecule has 0 saturated heterocycles. The van der Waals surface area contributed by atoms with E-state index in [9.17, 15) is 10.0 Å². The van der Waals surface area contributed by atoms with Crippen LogP contribution in [0.1, 0.15) is 15.9 Å². The van der Waals surface area contributed by atoms with Gasteiger partial charge in [-0.3, -0.25) is 4.79 Å². The highest BCUT2D eigenvalue weighted by Gasteiger charge is 2.06. The summed E-state index contributed by atoms with van der Waals surface area (Å²) in [7, 11) is 1.26. The van der Waals surface area contributed by atoms with Crippen LogP contribution in [-0.2, 0) is 0 Å². The summed E-state index contributed by atoms with van der Waals surface area (Å²) in [6.45, 7) is 1.76. The van der Waals surface area contributed by atoms with Gasteiger partial charge in [-0.15, -0.1) is 5.43 Å². The van der Waals surface area contributed by atoms with Crippen LogP contribution in [0, 0.1) is 12.1 Å². The maximum atomic E-state index is 10.9. The number of anilines is 1. The van der Waals surface area contributed by atoms with E-state index in [4.69, 9.17) is 5.73 Å². The molecule has 6 nitrogen and oxygen atoms in total. The van der Waals surface area contributed by atoms with Crippen molar-refractivity contribution in [3.63, 3.8) is 0 Å². The zero-order valence-corrected chi connectivity index (χ0v) is 8.52. The Labute approximate surface area is 87.0 Å². The first kappa shape index (κ1) is 11.0. The van der Waals surface area contributed by atoms with Gasteiger partial charge in [-0.05, 0) is 30.7 Å². The molecular formula is C9H12N4O2. The van der Waals surface area contributed by atoms with Crippen molar-refractivity contribution in [2.24, 2.45) is 11.0 Å². The smallest absolute Gasteiger partial charge is 0.248 e. The fourth-order valence-electron chi connectivity index (χ4n) is 1.14. The summed E-state index contributed by atoms with van der Waals surface area (Å²) in [5.41, 5.74) is 9.50. The fraction of sp³-hybridized carbons (Fsp3) is 0.222. The number of aryl methyl sites for hydroxylation is 1. The molecule has 1 amide bonds. The van der Waals surface area contributed by atoms with Crippen LogP contribution >= 0.6 is 0 Å². The summed E-state index contributed by atoms with van der Waals surface area (Å²) >= 11 is 0. The lowest BCUT2D eigenvalue weighted by Crippen LogP contribution is -2.12. The number of amides is 1. The standard InChI is InChI=1S/C9H12N4O2/c1-6-5-7(11-12-13(2)15)3-4-8(6)9(10)14/h3-5,11H,1-2H3,(H2,10,14). The van der Waals surface area contributed by atoms with Crippen LogP contribution in [0.25, 0.3) is 0 Å². The van der Waals surface area contributed by atoms with Gasteiger partial charge in [-0.1, -0.05) is 0 Å². The number of nitrogens with zero attached hydrogens (tertiary/aromatic N) is 2. The third-order valence-electron chi connectivity index (χ3n) is 1.81. The van der Waals surface area contributed by atoms with Gasteiger partial charge in [-0.25, -0.2) is 0 Å². The van der Waals surface area contributed by atoms with E-state index in [0.717, 1.165) is 5.56 Å². The molecule has 0 aliphatic carbocycles. The van der Waals surface area contributed by atoms with Crippen molar-refractivity contribution < 1.29 is 9.66 Å². The van der Waals surface area contributed by atoms with Crippen molar-refractivity contribution in [2.45, 2.75) is 6.92 Å². The zero-order chi connectivity index (χ0) is 11.4. The molecule has 0 fully saturated rings. The van der Waals surface area contributed by atoms with E-state index in [0.29, 0.717) is 16.1 Å². The van der Waals surface area contributed by atoms with Gasteiger partial charge in [0.25, 0.3) is 0 Å². The Morgan fingerprint density at radius 3 is 2.73 bits per heavy atom. The molecule has 0 bridgehead atoms. The lowest BCUT2D eigenvalue weighted by Gasteiger charge is -2.02. The highest BCUT2D eigenvalue weighted by Crippen LogP contribution is 2.14. The Morgan fingerprint density at radius 1 is 1.60 bits per heavy atom. The number of hydrogen-bond donors (Lipinski definition) is 2. The molecule has 80 valence electrons. The molecule has 0 aliphatic rings. The fourth-order valence-corrected chi connectivity index (χ4v) is 1.14. The molecule has 3 N–H and O–H groups in total. The minimum absolute atomic E-state index is 0.400. The van der Waals surface area contributed by atoms with E-state index < -0.39 is 5.91 Å². The Bertz CT molecular complexity index is 411. The van der Waals surface area contributed by atoms with E-state index in [1.165, 1.54) is 7.05 Å². The van der Waals surface area contributed by atoms with Crippen molar-refractivity contribution >= 4 is 11.6 Å². The second kappa shape index (κ2) is 4.41. The third kappa shape index (κ3) is 2.94.